The quantitative estimate of drug-likeness (QED) is 0.329. The largest absolute Gasteiger partial charge is 0.416 e. The average molecular weight is 487 g/mol. The van der Waals surface area contributed by atoms with Crippen molar-refractivity contribution in [1.82, 2.24) is 15.6 Å². The van der Waals surface area contributed by atoms with E-state index in [0.29, 0.717) is 40.4 Å². The van der Waals surface area contributed by atoms with Crippen molar-refractivity contribution in [3.05, 3.63) is 94.7 Å². The molecule has 0 aliphatic carbocycles. The molecule has 0 fully saturated rings. The molecule has 0 radical (unpaired) electrons. The number of aromatic nitrogens is 1. The number of benzene rings is 3. The molecule has 2 amide bonds. The lowest BCUT2D eigenvalue weighted by Crippen LogP contribution is -2.23. The number of halogens is 5. The second kappa shape index (κ2) is 9.21. The van der Waals surface area contributed by atoms with Crippen LogP contribution in [0.15, 0.2) is 60.7 Å². The molecule has 10 heteroatoms. The predicted octanol–water partition coefficient (Wildman–Crippen LogP) is 5.42. The molecule has 35 heavy (non-hydrogen) atoms. The Morgan fingerprint density at radius 3 is 2.34 bits per heavy atom. The summed E-state index contributed by atoms with van der Waals surface area (Å²) in [6.07, 6.45) is -4.66. The van der Waals surface area contributed by atoms with Gasteiger partial charge >= 0.3 is 6.18 Å². The van der Waals surface area contributed by atoms with Crippen molar-refractivity contribution in [1.29, 1.82) is 0 Å². The molecular formula is C25H18F5N3O2. The minimum absolute atomic E-state index is 0.0917. The third kappa shape index (κ3) is 4.86. The summed E-state index contributed by atoms with van der Waals surface area (Å²) in [5.74, 6) is -2.75. The molecule has 0 saturated heterocycles. The van der Waals surface area contributed by atoms with Crippen LogP contribution in [0.4, 0.5) is 22.0 Å². The SMILES string of the molecule is CNC(=O)c1cc2c(-c3ccc(C(=O)NCc4cc(C(F)(F)F)ccc4F)cc3F)cccc2[nH]1. The third-order valence-corrected chi connectivity index (χ3v) is 5.47. The highest BCUT2D eigenvalue weighted by molar-refractivity contribution is 6.03. The van der Waals surface area contributed by atoms with Gasteiger partial charge < -0.3 is 15.6 Å². The van der Waals surface area contributed by atoms with Crippen LogP contribution in [0.2, 0.25) is 0 Å². The van der Waals surface area contributed by atoms with Gasteiger partial charge in [0.2, 0.25) is 0 Å². The molecule has 5 nitrogen and oxygen atoms in total. The van der Waals surface area contributed by atoms with Gasteiger partial charge in [0.05, 0.1) is 5.56 Å². The van der Waals surface area contributed by atoms with Crippen LogP contribution in [0.5, 0.6) is 0 Å². The summed E-state index contributed by atoms with van der Waals surface area (Å²) >= 11 is 0. The van der Waals surface area contributed by atoms with Crippen LogP contribution in [-0.2, 0) is 12.7 Å². The van der Waals surface area contributed by atoms with E-state index in [1.807, 2.05) is 0 Å². The molecule has 1 aromatic heterocycles. The minimum Gasteiger partial charge on any atom is -0.354 e. The van der Waals surface area contributed by atoms with Crippen LogP contribution in [0, 0.1) is 11.6 Å². The fraction of sp³-hybridized carbons (Fsp3) is 0.120. The van der Waals surface area contributed by atoms with E-state index < -0.39 is 35.8 Å². The van der Waals surface area contributed by atoms with Crippen molar-refractivity contribution in [2.75, 3.05) is 7.05 Å². The van der Waals surface area contributed by atoms with E-state index in [1.165, 1.54) is 19.2 Å². The number of H-pyrrole nitrogens is 1. The molecule has 180 valence electrons. The zero-order chi connectivity index (χ0) is 25.3. The molecule has 0 spiro atoms. The Hall–Kier alpha value is -4.21. The zero-order valence-electron chi connectivity index (χ0n) is 18.2. The molecule has 0 atom stereocenters. The number of hydrogen-bond donors (Lipinski definition) is 3. The normalized spacial score (nSPS) is 11.5. The highest BCUT2D eigenvalue weighted by atomic mass is 19.4. The van der Waals surface area contributed by atoms with E-state index >= 15 is 4.39 Å². The van der Waals surface area contributed by atoms with Crippen LogP contribution in [0.1, 0.15) is 32.0 Å². The molecule has 1 heterocycles. The molecule has 3 N–H and O–H groups in total. The first kappa shape index (κ1) is 23.9. The first-order chi connectivity index (χ1) is 16.6. The number of carbonyl (C=O) groups excluding carboxylic acids is 2. The number of aromatic amines is 1. The fourth-order valence-corrected chi connectivity index (χ4v) is 3.69. The van der Waals surface area contributed by atoms with Gasteiger partial charge in [0.1, 0.15) is 17.3 Å². The van der Waals surface area contributed by atoms with E-state index in [1.54, 1.807) is 24.3 Å². The molecule has 0 aliphatic rings. The Morgan fingerprint density at radius 2 is 1.66 bits per heavy atom. The summed E-state index contributed by atoms with van der Waals surface area (Å²) in [5.41, 5.74) is 0.0980. The Bertz CT molecular complexity index is 1440. The maximum atomic E-state index is 15.0. The Kier molecular flexibility index (Phi) is 6.29. The summed E-state index contributed by atoms with van der Waals surface area (Å²) in [6.45, 7) is -0.511. The Balaban J connectivity index is 1.57. The van der Waals surface area contributed by atoms with Gasteiger partial charge in [-0.15, -0.1) is 0 Å². The highest BCUT2D eigenvalue weighted by Gasteiger charge is 2.31. The first-order valence-corrected chi connectivity index (χ1v) is 10.4. The van der Waals surface area contributed by atoms with Crippen molar-refractivity contribution in [3.63, 3.8) is 0 Å². The van der Waals surface area contributed by atoms with Crippen LogP contribution in [0.25, 0.3) is 22.0 Å². The summed E-state index contributed by atoms with van der Waals surface area (Å²) in [6, 6.07) is 12.3. The number of fused-ring (bicyclic) bond motifs is 1. The maximum absolute atomic E-state index is 15.0. The monoisotopic (exact) mass is 487 g/mol. The van der Waals surface area contributed by atoms with E-state index in [9.17, 15) is 27.2 Å². The third-order valence-electron chi connectivity index (χ3n) is 5.47. The Morgan fingerprint density at radius 1 is 0.886 bits per heavy atom. The van der Waals surface area contributed by atoms with Gasteiger partial charge in [0, 0.05) is 41.2 Å². The first-order valence-electron chi connectivity index (χ1n) is 10.4. The second-order valence-corrected chi connectivity index (χ2v) is 7.71. The van der Waals surface area contributed by atoms with E-state index in [-0.39, 0.29) is 22.6 Å². The number of hydrogen-bond acceptors (Lipinski definition) is 2. The lowest BCUT2D eigenvalue weighted by Gasteiger charge is -2.11. The lowest BCUT2D eigenvalue weighted by molar-refractivity contribution is -0.137. The highest BCUT2D eigenvalue weighted by Crippen LogP contribution is 2.32. The smallest absolute Gasteiger partial charge is 0.354 e. The molecule has 0 unspecified atom stereocenters. The summed E-state index contributed by atoms with van der Waals surface area (Å²) in [7, 11) is 1.49. The van der Waals surface area contributed by atoms with Crippen LogP contribution in [-0.4, -0.2) is 23.8 Å². The maximum Gasteiger partial charge on any atom is 0.416 e. The van der Waals surface area contributed by atoms with Gasteiger partial charge in [-0.1, -0.05) is 18.2 Å². The molecule has 0 aliphatic heterocycles. The molecular weight excluding hydrogens is 469 g/mol. The Labute approximate surface area is 196 Å². The number of amides is 2. The fourth-order valence-electron chi connectivity index (χ4n) is 3.69. The average Bonchev–Trinajstić information content (AvgIpc) is 3.27. The topological polar surface area (TPSA) is 74.0 Å². The molecule has 4 aromatic rings. The standard InChI is InChI=1S/C25H18F5N3O2/c1-31-24(35)22-11-18-16(3-2-4-21(18)33-22)17-7-5-13(10-20(17)27)23(34)32-12-14-9-15(25(28,29)30)6-8-19(14)26/h2-11,33H,12H2,1H3,(H,31,35)(H,32,34). The van der Waals surface area contributed by atoms with Gasteiger partial charge in [-0.2, -0.15) is 13.2 Å². The molecule has 4 rings (SSSR count). The van der Waals surface area contributed by atoms with E-state index in [0.717, 1.165) is 6.07 Å². The molecule has 3 aromatic carbocycles. The summed E-state index contributed by atoms with van der Waals surface area (Å²) in [4.78, 5) is 27.3. The van der Waals surface area contributed by atoms with Crippen molar-refractivity contribution in [2.45, 2.75) is 12.7 Å². The van der Waals surface area contributed by atoms with Crippen LogP contribution in [0.3, 0.4) is 0 Å². The number of nitrogens with one attached hydrogen (secondary N) is 3. The van der Waals surface area contributed by atoms with Gasteiger partial charge in [0.25, 0.3) is 11.8 Å². The molecule has 0 bridgehead atoms. The minimum atomic E-state index is -4.66. The number of carbonyl (C=O) groups is 2. The lowest BCUT2D eigenvalue weighted by atomic mass is 9.99. The second-order valence-electron chi connectivity index (χ2n) is 7.71. The van der Waals surface area contributed by atoms with Gasteiger partial charge in [0.15, 0.2) is 0 Å². The van der Waals surface area contributed by atoms with Crippen molar-refractivity contribution in [3.8, 4) is 11.1 Å². The van der Waals surface area contributed by atoms with Crippen molar-refractivity contribution in [2.24, 2.45) is 0 Å². The molecule has 0 saturated carbocycles. The van der Waals surface area contributed by atoms with Crippen LogP contribution >= 0.6 is 0 Å². The van der Waals surface area contributed by atoms with Gasteiger partial charge in [-0.05, 0) is 48.0 Å². The van der Waals surface area contributed by atoms with Crippen molar-refractivity contribution < 1.29 is 31.5 Å². The number of rotatable bonds is 5. The van der Waals surface area contributed by atoms with E-state index in [4.69, 9.17) is 0 Å². The number of alkyl halides is 3. The van der Waals surface area contributed by atoms with Crippen LogP contribution < -0.4 is 10.6 Å². The predicted molar refractivity (Wildman–Crippen MR) is 120 cm³/mol. The van der Waals surface area contributed by atoms with Gasteiger partial charge in [-0.3, -0.25) is 9.59 Å². The zero-order valence-corrected chi connectivity index (χ0v) is 18.2. The van der Waals surface area contributed by atoms with Crippen molar-refractivity contribution >= 4 is 22.7 Å². The van der Waals surface area contributed by atoms with Gasteiger partial charge in [-0.25, -0.2) is 8.78 Å². The summed E-state index contributed by atoms with van der Waals surface area (Å²) < 4.78 is 67.5. The van der Waals surface area contributed by atoms with E-state index in [2.05, 4.69) is 15.6 Å². The summed E-state index contributed by atoms with van der Waals surface area (Å²) in [5, 5.41) is 5.41.